The molecule has 28 heavy (non-hydrogen) atoms. The maximum absolute atomic E-state index is 12.2. The zero-order valence-electron chi connectivity index (χ0n) is 16.1. The molecule has 2 aromatic carbocycles. The molecule has 6 nitrogen and oxygen atoms in total. The predicted octanol–water partition coefficient (Wildman–Crippen LogP) is 3.82. The van der Waals surface area contributed by atoms with Crippen LogP contribution in [0.5, 0.6) is 11.5 Å². The molecule has 0 fully saturated rings. The Morgan fingerprint density at radius 3 is 2.50 bits per heavy atom. The number of benzene rings is 2. The van der Waals surface area contributed by atoms with Crippen molar-refractivity contribution in [1.82, 2.24) is 0 Å². The number of rotatable bonds is 7. The van der Waals surface area contributed by atoms with Crippen LogP contribution in [0.15, 0.2) is 64.9 Å². The van der Waals surface area contributed by atoms with E-state index in [2.05, 4.69) is 4.99 Å². The van der Waals surface area contributed by atoms with Crippen LogP contribution in [0.2, 0.25) is 0 Å². The van der Waals surface area contributed by atoms with E-state index in [4.69, 9.17) is 14.2 Å². The number of nitrogens with zero attached hydrogens (tertiary/aromatic N) is 1. The molecule has 0 aromatic heterocycles. The minimum atomic E-state index is -0.778. The SMILES string of the molecule is COc1ccc(CCN=C(C)C2=C(O)C(c3ccccc3)OC2=O)cc1OC. The first-order valence-electron chi connectivity index (χ1n) is 8.96. The summed E-state index contributed by atoms with van der Waals surface area (Å²) < 4.78 is 15.9. The normalized spacial score (nSPS) is 16.9. The van der Waals surface area contributed by atoms with Crippen LogP contribution in [-0.2, 0) is 16.0 Å². The average molecular weight is 381 g/mol. The molecule has 3 rings (SSSR count). The van der Waals surface area contributed by atoms with Gasteiger partial charge >= 0.3 is 5.97 Å². The fraction of sp³-hybridized carbons (Fsp3) is 0.273. The Morgan fingerprint density at radius 2 is 1.82 bits per heavy atom. The summed E-state index contributed by atoms with van der Waals surface area (Å²) in [6, 6.07) is 14.8. The van der Waals surface area contributed by atoms with E-state index in [1.807, 2.05) is 36.4 Å². The molecule has 0 saturated carbocycles. The number of aliphatic imine (C=N–C) groups is 1. The van der Waals surface area contributed by atoms with E-state index < -0.39 is 12.1 Å². The van der Waals surface area contributed by atoms with Gasteiger partial charge in [0.05, 0.1) is 14.2 Å². The number of esters is 1. The molecule has 1 aliphatic rings. The molecule has 2 aromatic rings. The summed E-state index contributed by atoms with van der Waals surface area (Å²) in [5.74, 6) is 0.676. The molecule has 0 radical (unpaired) electrons. The number of ether oxygens (including phenoxy) is 3. The zero-order valence-corrected chi connectivity index (χ0v) is 16.1. The van der Waals surface area contributed by atoms with Gasteiger partial charge in [0.1, 0.15) is 5.57 Å². The van der Waals surface area contributed by atoms with Crippen molar-refractivity contribution in [1.29, 1.82) is 0 Å². The highest BCUT2D eigenvalue weighted by atomic mass is 16.6. The second-order valence-corrected chi connectivity index (χ2v) is 6.36. The van der Waals surface area contributed by atoms with Gasteiger partial charge in [-0.1, -0.05) is 36.4 Å². The van der Waals surface area contributed by atoms with Crippen molar-refractivity contribution in [2.24, 2.45) is 4.99 Å². The Labute approximate surface area is 164 Å². The highest BCUT2D eigenvalue weighted by Gasteiger charge is 2.36. The molecule has 146 valence electrons. The molecule has 6 heteroatoms. The standard InChI is InChI=1S/C22H23NO5/c1-14(23-12-11-15-9-10-17(26-2)18(13-15)27-3)19-20(24)21(28-22(19)25)16-7-5-4-6-8-16/h4-10,13,21,24H,11-12H2,1-3H3. The number of methoxy groups -OCH3 is 2. The van der Waals surface area contributed by atoms with Crippen molar-refractivity contribution < 1.29 is 24.1 Å². The van der Waals surface area contributed by atoms with Gasteiger partial charge in [-0.05, 0) is 31.0 Å². The van der Waals surface area contributed by atoms with Gasteiger partial charge in [0.15, 0.2) is 23.4 Å². The third kappa shape index (κ3) is 4.01. The summed E-state index contributed by atoms with van der Waals surface area (Å²) >= 11 is 0. The fourth-order valence-electron chi connectivity index (χ4n) is 3.11. The summed E-state index contributed by atoms with van der Waals surface area (Å²) in [5, 5.41) is 10.5. The molecule has 0 aliphatic carbocycles. The van der Waals surface area contributed by atoms with Gasteiger partial charge in [-0.25, -0.2) is 4.79 Å². The summed E-state index contributed by atoms with van der Waals surface area (Å²) in [4.78, 5) is 16.7. The number of carbonyl (C=O) groups excluding carboxylic acids is 1. The molecule has 1 unspecified atom stereocenters. The lowest BCUT2D eigenvalue weighted by Gasteiger charge is -2.09. The summed E-state index contributed by atoms with van der Waals surface area (Å²) in [6.45, 7) is 2.16. The van der Waals surface area contributed by atoms with Crippen LogP contribution in [0.3, 0.4) is 0 Å². The number of hydrogen-bond acceptors (Lipinski definition) is 6. The largest absolute Gasteiger partial charge is 0.507 e. The molecule has 1 heterocycles. The van der Waals surface area contributed by atoms with Gasteiger partial charge in [-0.15, -0.1) is 0 Å². The highest BCUT2D eigenvalue weighted by molar-refractivity contribution is 6.20. The van der Waals surface area contributed by atoms with Crippen molar-refractivity contribution in [2.75, 3.05) is 20.8 Å². The van der Waals surface area contributed by atoms with E-state index in [-0.39, 0.29) is 11.3 Å². The van der Waals surface area contributed by atoms with Gasteiger partial charge in [0.25, 0.3) is 0 Å². The molecule has 1 atom stereocenters. The van der Waals surface area contributed by atoms with E-state index in [1.54, 1.807) is 33.3 Å². The molecule has 1 N–H and O–H groups in total. The predicted molar refractivity (Wildman–Crippen MR) is 106 cm³/mol. The van der Waals surface area contributed by atoms with Gasteiger partial charge < -0.3 is 19.3 Å². The van der Waals surface area contributed by atoms with Crippen molar-refractivity contribution >= 4 is 11.7 Å². The minimum absolute atomic E-state index is 0.0939. The first kappa shape index (κ1) is 19.5. The second-order valence-electron chi connectivity index (χ2n) is 6.36. The van der Waals surface area contributed by atoms with Gasteiger partial charge in [0, 0.05) is 17.8 Å². The van der Waals surface area contributed by atoms with Crippen LogP contribution >= 0.6 is 0 Å². The van der Waals surface area contributed by atoms with Crippen LogP contribution < -0.4 is 9.47 Å². The van der Waals surface area contributed by atoms with Crippen molar-refractivity contribution in [3.63, 3.8) is 0 Å². The van der Waals surface area contributed by atoms with Gasteiger partial charge in [0.2, 0.25) is 0 Å². The van der Waals surface area contributed by atoms with E-state index in [0.717, 1.165) is 11.1 Å². The molecular formula is C22H23NO5. The zero-order chi connectivity index (χ0) is 20.1. The highest BCUT2D eigenvalue weighted by Crippen LogP contribution is 2.34. The Morgan fingerprint density at radius 1 is 1.11 bits per heavy atom. The van der Waals surface area contributed by atoms with E-state index in [0.29, 0.717) is 30.2 Å². The minimum Gasteiger partial charge on any atom is -0.507 e. The molecular weight excluding hydrogens is 358 g/mol. The van der Waals surface area contributed by atoms with Crippen LogP contribution in [0.1, 0.15) is 24.2 Å². The molecule has 1 aliphatic heterocycles. The molecule has 0 saturated heterocycles. The van der Waals surface area contributed by atoms with Crippen LogP contribution in [0, 0.1) is 0 Å². The number of aliphatic hydroxyl groups is 1. The first-order valence-corrected chi connectivity index (χ1v) is 8.96. The number of hydrogen-bond donors (Lipinski definition) is 1. The van der Waals surface area contributed by atoms with E-state index in [1.165, 1.54) is 0 Å². The maximum Gasteiger partial charge on any atom is 0.344 e. The monoisotopic (exact) mass is 381 g/mol. The summed E-state index contributed by atoms with van der Waals surface area (Å²) in [5.41, 5.74) is 2.35. The third-order valence-corrected chi connectivity index (χ3v) is 4.60. The Balaban J connectivity index is 1.72. The van der Waals surface area contributed by atoms with Gasteiger partial charge in [-0.2, -0.15) is 0 Å². The lowest BCUT2D eigenvalue weighted by atomic mass is 10.0. The number of carbonyl (C=O) groups is 1. The summed E-state index contributed by atoms with van der Waals surface area (Å²) in [6.07, 6.45) is -0.122. The number of aliphatic hydroxyl groups excluding tert-OH is 1. The molecule has 0 spiro atoms. The molecule has 0 amide bonds. The first-order chi connectivity index (χ1) is 13.5. The van der Waals surface area contributed by atoms with Gasteiger partial charge in [-0.3, -0.25) is 4.99 Å². The van der Waals surface area contributed by atoms with Crippen LogP contribution in [0.25, 0.3) is 0 Å². The Bertz CT molecular complexity index is 918. The second kappa shape index (κ2) is 8.61. The van der Waals surface area contributed by atoms with Crippen LogP contribution in [-0.4, -0.2) is 37.6 Å². The molecule has 0 bridgehead atoms. The van der Waals surface area contributed by atoms with E-state index >= 15 is 0 Å². The number of cyclic esters (lactones) is 1. The third-order valence-electron chi connectivity index (χ3n) is 4.60. The Kier molecular flexibility index (Phi) is 5.99. The average Bonchev–Trinajstić information content (AvgIpc) is 3.02. The topological polar surface area (TPSA) is 77.4 Å². The Hall–Kier alpha value is -3.28. The van der Waals surface area contributed by atoms with Crippen molar-refractivity contribution in [3.8, 4) is 11.5 Å². The lowest BCUT2D eigenvalue weighted by molar-refractivity contribution is -0.140. The quantitative estimate of drug-likeness (QED) is 0.583. The van der Waals surface area contributed by atoms with Crippen molar-refractivity contribution in [2.45, 2.75) is 19.4 Å². The smallest absolute Gasteiger partial charge is 0.344 e. The summed E-state index contributed by atoms with van der Waals surface area (Å²) in [7, 11) is 3.18. The lowest BCUT2D eigenvalue weighted by Crippen LogP contribution is -2.09. The van der Waals surface area contributed by atoms with Crippen molar-refractivity contribution in [3.05, 3.63) is 71.0 Å². The van der Waals surface area contributed by atoms with Crippen LogP contribution in [0.4, 0.5) is 0 Å². The fourth-order valence-corrected chi connectivity index (χ4v) is 3.11. The maximum atomic E-state index is 12.2. The van der Waals surface area contributed by atoms with E-state index in [9.17, 15) is 9.90 Å².